The molecule has 0 fully saturated rings. The number of aryl methyl sites for hydroxylation is 1. The SMILES string of the molecule is Cc1cccc(Cl)c1NC(=O)/C(C#N)=C/c1cc(I)c(OCc2ccc(Cl)cc2)c(I)c1. The average molecular weight is 689 g/mol. The van der Waals surface area contributed by atoms with E-state index in [9.17, 15) is 10.1 Å². The Morgan fingerprint density at radius 3 is 2.38 bits per heavy atom. The van der Waals surface area contributed by atoms with Crippen LogP contribution in [0.1, 0.15) is 16.7 Å². The van der Waals surface area contributed by atoms with Gasteiger partial charge in [0.2, 0.25) is 0 Å². The Kier molecular flexibility index (Phi) is 8.82. The van der Waals surface area contributed by atoms with E-state index in [4.69, 9.17) is 27.9 Å². The number of ether oxygens (including phenoxy) is 1. The van der Waals surface area contributed by atoms with Crippen LogP contribution in [0.5, 0.6) is 5.75 Å². The monoisotopic (exact) mass is 688 g/mol. The molecule has 0 aliphatic rings. The lowest BCUT2D eigenvalue weighted by molar-refractivity contribution is -0.112. The third kappa shape index (κ3) is 6.38. The Morgan fingerprint density at radius 1 is 1.12 bits per heavy atom. The van der Waals surface area contributed by atoms with Gasteiger partial charge in [0.1, 0.15) is 24.0 Å². The summed E-state index contributed by atoms with van der Waals surface area (Å²) in [5, 5.41) is 13.4. The molecule has 0 aromatic heterocycles. The zero-order valence-electron chi connectivity index (χ0n) is 16.8. The molecular formula is C24H16Cl2I2N2O2. The first kappa shape index (κ1) is 24.8. The summed E-state index contributed by atoms with van der Waals surface area (Å²) in [6, 6.07) is 18.5. The second-order valence-electron chi connectivity index (χ2n) is 6.78. The van der Waals surface area contributed by atoms with Gasteiger partial charge in [-0.1, -0.05) is 47.5 Å². The zero-order valence-corrected chi connectivity index (χ0v) is 22.6. The van der Waals surface area contributed by atoms with Gasteiger partial charge in [0.05, 0.1) is 17.9 Å². The van der Waals surface area contributed by atoms with Crippen molar-refractivity contribution in [1.29, 1.82) is 5.26 Å². The number of rotatable bonds is 6. The first-order chi connectivity index (χ1) is 15.3. The predicted octanol–water partition coefficient (Wildman–Crippen LogP) is 7.64. The van der Waals surface area contributed by atoms with E-state index < -0.39 is 5.91 Å². The van der Waals surface area contributed by atoms with Crippen molar-refractivity contribution in [2.24, 2.45) is 0 Å². The fraction of sp³-hybridized carbons (Fsp3) is 0.0833. The van der Waals surface area contributed by atoms with Crippen LogP contribution in [0.15, 0.2) is 60.2 Å². The fourth-order valence-corrected chi connectivity index (χ4v) is 5.35. The zero-order chi connectivity index (χ0) is 23.3. The van der Waals surface area contributed by atoms with Gasteiger partial charge in [-0.15, -0.1) is 0 Å². The minimum Gasteiger partial charge on any atom is -0.487 e. The number of nitriles is 1. The Bertz CT molecular complexity index is 1190. The number of carbonyl (C=O) groups excluding carboxylic acids is 1. The fourth-order valence-electron chi connectivity index (χ4n) is 2.82. The van der Waals surface area contributed by atoms with Crippen LogP contribution in [0.3, 0.4) is 0 Å². The van der Waals surface area contributed by atoms with Crippen LogP contribution in [0.25, 0.3) is 6.08 Å². The van der Waals surface area contributed by atoms with Crippen molar-refractivity contribution in [3.8, 4) is 11.8 Å². The quantitative estimate of drug-likeness (QED) is 0.165. The predicted molar refractivity (Wildman–Crippen MR) is 146 cm³/mol. The second-order valence-corrected chi connectivity index (χ2v) is 9.95. The maximum absolute atomic E-state index is 12.7. The molecule has 0 radical (unpaired) electrons. The van der Waals surface area contributed by atoms with Gasteiger partial charge in [0, 0.05) is 5.02 Å². The van der Waals surface area contributed by atoms with Crippen molar-refractivity contribution >= 4 is 86.1 Å². The topological polar surface area (TPSA) is 62.1 Å². The van der Waals surface area contributed by atoms with E-state index >= 15 is 0 Å². The van der Waals surface area contributed by atoms with Crippen LogP contribution in [-0.4, -0.2) is 5.91 Å². The molecule has 0 saturated carbocycles. The van der Waals surface area contributed by atoms with Crippen LogP contribution in [-0.2, 0) is 11.4 Å². The van der Waals surface area contributed by atoms with Crippen molar-refractivity contribution in [3.63, 3.8) is 0 Å². The molecule has 3 rings (SSSR count). The Morgan fingerprint density at radius 2 is 1.78 bits per heavy atom. The lowest BCUT2D eigenvalue weighted by Crippen LogP contribution is -2.14. The summed E-state index contributed by atoms with van der Waals surface area (Å²) in [7, 11) is 0. The molecule has 0 heterocycles. The largest absolute Gasteiger partial charge is 0.487 e. The number of benzene rings is 3. The number of hydrogen-bond donors (Lipinski definition) is 1. The van der Waals surface area contributed by atoms with Crippen LogP contribution in [0.4, 0.5) is 5.69 Å². The Labute approximate surface area is 223 Å². The highest BCUT2D eigenvalue weighted by Crippen LogP contribution is 2.31. The summed E-state index contributed by atoms with van der Waals surface area (Å²) in [6.07, 6.45) is 1.55. The lowest BCUT2D eigenvalue weighted by Gasteiger charge is -2.12. The highest BCUT2D eigenvalue weighted by molar-refractivity contribution is 14.1. The Hall–Kier alpha value is -1.80. The molecule has 0 aliphatic carbocycles. The van der Waals surface area contributed by atoms with Crippen molar-refractivity contribution < 1.29 is 9.53 Å². The normalized spacial score (nSPS) is 11.1. The molecule has 0 unspecified atom stereocenters. The van der Waals surface area contributed by atoms with Gasteiger partial charge in [-0.05, 0) is 105 Å². The molecule has 0 saturated heterocycles. The van der Waals surface area contributed by atoms with E-state index in [-0.39, 0.29) is 5.57 Å². The van der Waals surface area contributed by atoms with E-state index in [1.54, 1.807) is 18.2 Å². The molecule has 0 aliphatic heterocycles. The summed E-state index contributed by atoms with van der Waals surface area (Å²) in [5.41, 5.74) is 3.01. The number of anilines is 1. The minimum atomic E-state index is -0.517. The molecule has 1 amide bonds. The number of nitrogens with zero attached hydrogens (tertiary/aromatic N) is 1. The number of para-hydroxylation sites is 1. The smallest absolute Gasteiger partial charge is 0.266 e. The first-order valence-electron chi connectivity index (χ1n) is 9.33. The maximum atomic E-state index is 12.7. The van der Waals surface area contributed by atoms with Gasteiger partial charge in [-0.2, -0.15) is 5.26 Å². The number of hydrogen-bond acceptors (Lipinski definition) is 3. The summed E-state index contributed by atoms with van der Waals surface area (Å²) >= 11 is 16.5. The van der Waals surface area contributed by atoms with Crippen molar-refractivity contribution in [2.75, 3.05) is 5.32 Å². The third-order valence-corrected chi connectivity index (χ3v) is 6.62. The highest BCUT2D eigenvalue weighted by Gasteiger charge is 2.15. The van der Waals surface area contributed by atoms with E-state index in [1.165, 1.54) is 0 Å². The van der Waals surface area contributed by atoms with Crippen LogP contribution in [0, 0.1) is 25.4 Å². The molecular weight excluding hydrogens is 673 g/mol. The highest BCUT2D eigenvalue weighted by atomic mass is 127. The molecule has 3 aromatic carbocycles. The van der Waals surface area contributed by atoms with Gasteiger partial charge in [0.25, 0.3) is 5.91 Å². The van der Waals surface area contributed by atoms with Gasteiger partial charge in [-0.25, -0.2) is 0 Å². The average Bonchev–Trinajstić information content (AvgIpc) is 2.75. The van der Waals surface area contributed by atoms with Crippen molar-refractivity contribution in [3.05, 3.63) is 94.0 Å². The summed E-state index contributed by atoms with van der Waals surface area (Å²) in [4.78, 5) is 12.7. The van der Waals surface area contributed by atoms with Crippen molar-refractivity contribution in [2.45, 2.75) is 13.5 Å². The standard InChI is InChI=1S/C24H16Cl2I2N2O2/c1-14-3-2-4-19(26)22(14)30-24(31)17(12-29)9-16-10-20(27)23(21(28)11-16)32-13-15-5-7-18(25)8-6-15/h2-11H,13H2,1H3,(H,30,31)/b17-9+. The summed E-state index contributed by atoms with van der Waals surface area (Å²) in [5.74, 6) is 0.227. The molecule has 4 nitrogen and oxygen atoms in total. The lowest BCUT2D eigenvalue weighted by atomic mass is 10.1. The van der Waals surface area contributed by atoms with Gasteiger partial charge in [-0.3, -0.25) is 4.79 Å². The molecule has 8 heteroatoms. The number of amides is 1. The molecule has 0 spiro atoms. The molecule has 0 atom stereocenters. The molecule has 162 valence electrons. The van der Waals surface area contributed by atoms with E-state index in [2.05, 4.69) is 50.5 Å². The first-order valence-corrected chi connectivity index (χ1v) is 12.2. The number of halogens is 4. The Balaban J connectivity index is 1.79. The van der Waals surface area contributed by atoms with Gasteiger partial charge in [0.15, 0.2) is 0 Å². The maximum Gasteiger partial charge on any atom is 0.266 e. The molecule has 0 bridgehead atoms. The van der Waals surface area contributed by atoms with Crippen LogP contribution in [0.2, 0.25) is 10.0 Å². The van der Waals surface area contributed by atoms with Crippen LogP contribution >= 0.6 is 68.4 Å². The summed E-state index contributed by atoms with van der Waals surface area (Å²) < 4.78 is 7.73. The van der Waals surface area contributed by atoms with Gasteiger partial charge >= 0.3 is 0 Å². The van der Waals surface area contributed by atoms with E-state index in [1.807, 2.05) is 55.5 Å². The molecule has 3 aromatic rings. The number of carbonyl (C=O) groups is 1. The van der Waals surface area contributed by atoms with Crippen LogP contribution < -0.4 is 10.1 Å². The minimum absolute atomic E-state index is 0.0225. The van der Waals surface area contributed by atoms with E-state index in [0.717, 1.165) is 29.6 Å². The second kappa shape index (κ2) is 11.4. The van der Waals surface area contributed by atoms with Crippen molar-refractivity contribution in [1.82, 2.24) is 0 Å². The summed E-state index contributed by atoms with van der Waals surface area (Å²) in [6.45, 7) is 2.24. The number of nitrogens with one attached hydrogen (secondary N) is 1. The molecule has 32 heavy (non-hydrogen) atoms. The third-order valence-electron chi connectivity index (χ3n) is 4.45. The van der Waals surface area contributed by atoms with Gasteiger partial charge < -0.3 is 10.1 Å². The van der Waals surface area contributed by atoms with E-state index in [0.29, 0.717) is 22.3 Å². The molecule has 1 N–H and O–H groups in total.